The van der Waals surface area contributed by atoms with Gasteiger partial charge in [0.15, 0.2) is 5.78 Å². The highest BCUT2D eigenvalue weighted by Gasteiger charge is 2.14. The van der Waals surface area contributed by atoms with Gasteiger partial charge in [0, 0.05) is 0 Å². The summed E-state index contributed by atoms with van der Waals surface area (Å²) >= 11 is 0. The molecule has 3 N–H and O–H groups in total. The molecule has 0 aliphatic heterocycles. The summed E-state index contributed by atoms with van der Waals surface area (Å²) in [5.74, 6) is -2.56. The zero-order valence-corrected chi connectivity index (χ0v) is 7.10. The van der Waals surface area contributed by atoms with Crippen molar-refractivity contribution in [3.8, 4) is 11.5 Å². The molecule has 0 saturated heterocycles. The minimum absolute atomic E-state index is 0.188. The van der Waals surface area contributed by atoms with Crippen LogP contribution < -0.4 is 0 Å². The van der Waals surface area contributed by atoms with Crippen LogP contribution in [0.5, 0.6) is 11.5 Å². The summed E-state index contributed by atoms with van der Waals surface area (Å²) in [4.78, 5) is 21.4. The molecular weight excluding hydrogens is 188 g/mol. The zero-order valence-electron chi connectivity index (χ0n) is 7.10. The first-order valence-corrected chi connectivity index (χ1v) is 3.77. The Balaban J connectivity index is 3.00. The predicted octanol–water partition coefficient (Wildman–Crippen LogP) is 0.755. The summed E-state index contributed by atoms with van der Waals surface area (Å²) in [6, 6.07) is 3.36. The average molecular weight is 196 g/mol. The lowest BCUT2D eigenvalue weighted by Gasteiger charge is -2.01. The first kappa shape index (κ1) is 10.0. The van der Waals surface area contributed by atoms with Crippen molar-refractivity contribution in [2.24, 2.45) is 0 Å². The van der Waals surface area contributed by atoms with Crippen molar-refractivity contribution in [3.05, 3.63) is 23.8 Å². The van der Waals surface area contributed by atoms with Gasteiger partial charge in [-0.3, -0.25) is 9.59 Å². The van der Waals surface area contributed by atoms with E-state index in [1.54, 1.807) is 0 Å². The van der Waals surface area contributed by atoms with E-state index in [4.69, 9.17) is 10.2 Å². The monoisotopic (exact) mass is 196 g/mol. The van der Waals surface area contributed by atoms with Crippen LogP contribution in [-0.2, 0) is 4.79 Å². The molecule has 0 aliphatic rings. The Morgan fingerprint density at radius 3 is 2.43 bits per heavy atom. The van der Waals surface area contributed by atoms with Crippen molar-refractivity contribution in [3.63, 3.8) is 0 Å². The molecule has 0 saturated carbocycles. The Labute approximate surface area is 79.2 Å². The zero-order chi connectivity index (χ0) is 10.7. The van der Waals surface area contributed by atoms with Gasteiger partial charge in [0.2, 0.25) is 0 Å². The molecule has 0 bridgehead atoms. The molecule has 74 valence electrons. The Morgan fingerprint density at radius 2 is 1.86 bits per heavy atom. The third-order valence-corrected chi connectivity index (χ3v) is 1.59. The molecule has 0 aliphatic carbocycles. The maximum atomic E-state index is 11.2. The first-order chi connectivity index (χ1) is 6.50. The summed E-state index contributed by atoms with van der Waals surface area (Å²) in [6.07, 6.45) is -0.711. The molecule has 0 atom stereocenters. The maximum Gasteiger partial charge on any atom is 0.311 e. The number of carboxylic acid groups (broad SMARTS) is 1. The molecule has 1 aromatic carbocycles. The SMILES string of the molecule is O=C(O)CC(=O)c1cc(O)ccc1O. The van der Waals surface area contributed by atoms with Crippen molar-refractivity contribution in [2.45, 2.75) is 6.42 Å². The van der Waals surface area contributed by atoms with Crippen molar-refractivity contribution in [1.29, 1.82) is 0 Å². The fourth-order valence-corrected chi connectivity index (χ4v) is 0.980. The highest BCUT2D eigenvalue weighted by atomic mass is 16.4. The second-order valence-corrected chi connectivity index (χ2v) is 2.70. The number of aliphatic carboxylic acids is 1. The molecule has 0 heterocycles. The van der Waals surface area contributed by atoms with Crippen molar-refractivity contribution in [2.75, 3.05) is 0 Å². The van der Waals surface area contributed by atoms with Gasteiger partial charge in [0.05, 0.1) is 5.56 Å². The van der Waals surface area contributed by atoms with E-state index in [0.29, 0.717) is 0 Å². The predicted molar refractivity (Wildman–Crippen MR) is 46.4 cm³/mol. The van der Waals surface area contributed by atoms with Gasteiger partial charge < -0.3 is 15.3 Å². The number of hydrogen-bond donors (Lipinski definition) is 3. The highest BCUT2D eigenvalue weighted by Crippen LogP contribution is 2.23. The maximum absolute atomic E-state index is 11.2. The normalized spacial score (nSPS) is 9.71. The van der Waals surface area contributed by atoms with Gasteiger partial charge >= 0.3 is 5.97 Å². The molecule has 0 unspecified atom stereocenters. The van der Waals surface area contributed by atoms with E-state index in [1.807, 2.05) is 0 Å². The van der Waals surface area contributed by atoms with E-state index in [2.05, 4.69) is 0 Å². The Bertz CT molecular complexity index is 383. The molecule has 5 nitrogen and oxygen atoms in total. The number of phenolic OH excluding ortho intramolecular Hbond substituents is 2. The number of carbonyl (C=O) groups excluding carboxylic acids is 1. The minimum atomic E-state index is -1.28. The topological polar surface area (TPSA) is 94.8 Å². The van der Waals surface area contributed by atoms with E-state index in [0.717, 1.165) is 12.1 Å². The summed E-state index contributed by atoms with van der Waals surface area (Å²) < 4.78 is 0. The summed E-state index contributed by atoms with van der Waals surface area (Å²) in [5.41, 5.74) is -0.188. The molecular formula is C9H8O5. The van der Waals surface area contributed by atoms with Crippen molar-refractivity contribution in [1.82, 2.24) is 0 Å². The quantitative estimate of drug-likeness (QED) is 0.376. The Kier molecular flexibility index (Phi) is 2.71. The lowest BCUT2D eigenvalue weighted by molar-refractivity contribution is -0.135. The Hall–Kier alpha value is -2.04. The van der Waals surface area contributed by atoms with E-state index >= 15 is 0 Å². The number of carboxylic acids is 1. The largest absolute Gasteiger partial charge is 0.508 e. The molecule has 0 aromatic heterocycles. The summed E-state index contributed by atoms with van der Waals surface area (Å²) in [5, 5.41) is 26.5. The number of carbonyl (C=O) groups is 2. The van der Waals surface area contributed by atoms with Gasteiger partial charge in [-0.05, 0) is 18.2 Å². The van der Waals surface area contributed by atoms with Crippen LogP contribution in [0.15, 0.2) is 18.2 Å². The number of aromatic hydroxyl groups is 2. The number of Topliss-reactive ketones (excluding diaryl/α,β-unsaturated/α-hetero) is 1. The van der Waals surface area contributed by atoms with Crippen molar-refractivity contribution < 1.29 is 24.9 Å². The molecule has 0 radical (unpaired) electrons. The fraction of sp³-hybridized carbons (Fsp3) is 0.111. The average Bonchev–Trinajstić information content (AvgIpc) is 2.08. The highest BCUT2D eigenvalue weighted by molar-refractivity contribution is 6.07. The van der Waals surface area contributed by atoms with Crippen LogP contribution in [-0.4, -0.2) is 27.1 Å². The van der Waals surface area contributed by atoms with E-state index < -0.39 is 18.2 Å². The van der Waals surface area contributed by atoms with Crippen LogP contribution in [0.4, 0.5) is 0 Å². The smallest absolute Gasteiger partial charge is 0.311 e. The fourth-order valence-electron chi connectivity index (χ4n) is 0.980. The standard InChI is InChI=1S/C9H8O5/c10-5-1-2-7(11)6(3-5)8(12)4-9(13)14/h1-3,10-11H,4H2,(H,13,14). The van der Waals surface area contributed by atoms with Crippen LogP contribution in [0.25, 0.3) is 0 Å². The molecule has 0 amide bonds. The molecule has 0 spiro atoms. The Morgan fingerprint density at radius 1 is 1.21 bits per heavy atom. The van der Waals surface area contributed by atoms with Crippen LogP contribution in [0, 0.1) is 0 Å². The number of benzene rings is 1. The molecule has 0 fully saturated rings. The third-order valence-electron chi connectivity index (χ3n) is 1.59. The minimum Gasteiger partial charge on any atom is -0.508 e. The van der Waals surface area contributed by atoms with Crippen molar-refractivity contribution >= 4 is 11.8 Å². The second kappa shape index (κ2) is 3.78. The van der Waals surface area contributed by atoms with Gasteiger partial charge in [-0.1, -0.05) is 0 Å². The van der Waals surface area contributed by atoms with E-state index in [9.17, 15) is 14.7 Å². The lowest BCUT2D eigenvalue weighted by Crippen LogP contribution is -2.06. The number of rotatable bonds is 3. The first-order valence-electron chi connectivity index (χ1n) is 3.77. The van der Waals surface area contributed by atoms with E-state index in [1.165, 1.54) is 6.07 Å². The van der Waals surface area contributed by atoms with Crippen LogP contribution in [0.1, 0.15) is 16.8 Å². The molecule has 14 heavy (non-hydrogen) atoms. The number of phenols is 2. The van der Waals surface area contributed by atoms with Gasteiger partial charge in [0.25, 0.3) is 0 Å². The summed E-state index contributed by atoms with van der Waals surface area (Å²) in [6.45, 7) is 0. The van der Waals surface area contributed by atoms with Crippen LogP contribution >= 0.6 is 0 Å². The second-order valence-electron chi connectivity index (χ2n) is 2.70. The summed E-state index contributed by atoms with van der Waals surface area (Å²) in [7, 11) is 0. The molecule has 1 aromatic rings. The number of ketones is 1. The van der Waals surface area contributed by atoms with Gasteiger partial charge in [0.1, 0.15) is 17.9 Å². The van der Waals surface area contributed by atoms with Gasteiger partial charge in [-0.2, -0.15) is 0 Å². The van der Waals surface area contributed by atoms with Crippen LogP contribution in [0.2, 0.25) is 0 Å². The molecule has 1 rings (SSSR count). The van der Waals surface area contributed by atoms with Gasteiger partial charge in [-0.25, -0.2) is 0 Å². The van der Waals surface area contributed by atoms with Gasteiger partial charge in [-0.15, -0.1) is 0 Å². The third kappa shape index (κ3) is 2.22. The number of hydrogen-bond acceptors (Lipinski definition) is 4. The lowest BCUT2D eigenvalue weighted by atomic mass is 10.1. The molecule has 5 heteroatoms. The van der Waals surface area contributed by atoms with E-state index in [-0.39, 0.29) is 17.1 Å². The van der Waals surface area contributed by atoms with Crippen LogP contribution in [0.3, 0.4) is 0 Å².